The van der Waals surface area contributed by atoms with Crippen LogP contribution in [-0.4, -0.2) is 40.0 Å². The zero-order chi connectivity index (χ0) is 17.3. The maximum Gasteiger partial charge on any atom is 0.128 e. The fraction of sp³-hybridized carbons (Fsp3) is 0.500. The quantitative estimate of drug-likeness (QED) is 0.933. The van der Waals surface area contributed by atoms with Crippen LogP contribution in [0.15, 0.2) is 36.5 Å². The van der Waals surface area contributed by atoms with Crippen molar-refractivity contribution in [1.82, 2.24) is 14.9 Å². The lowest BCUT2D eigenvalue weighted by molar-refractivity contribution is 0.0998. The van der Waals surface area contributed by atoms with Gasteiger partial charge in [0, 0.05) is 42.6 Å². The highest BCUT2D eigenvalue weighted by molar-refractivity contribution is 5.41. The summed E-state index contributed by atoms with van der Waals surface area (Å²) < 4.78 is 0. The van der Waals surface area contributed by atoms with Gasteiger partial charge in [-0.3, -0.25) is 4.90 Å². The Morgan fingerprint density at radius 3 is 2.68 bits per heavy atom. The smallest absolute Gasteiger partial charge is 0.128 e. The fourth-order valence-corrected chi connectivity index (χ4v) is 4.45. The van der Waals surface area contributed by atoms with Crippen molar-refractivity contribution in [2.75, 3.05) is 30.3 Å². The van der Waals surface area contributed by atoms with Crippen LogP contribution in [0.1, 0.15) is 36.9 Å². The van der Waals surface area contributed by atoms with Crippen LogP contribution < -0.4 is 10.6 Å². The van der Waals surface area contributed by atoms with Gasteiger partial charge < -0.3 is 10.6 Å². The minimum absolute atomic E-state index is 0.322. The number of nitrogens with zero attached hydrogens (tertiary/aromatic N) is 4. The third-order valence-electron chi connectivity index (χ3n) is 5.92. The summed E-state index contributed by atoms with van der Waals surface area (Å²) in [5.41, 5.74) is 8.65. The van der Waals surface area contributed by atoms with Gasteiger partial charge in [0.05, 0.1) is 0 Å². The van der Waals surface area contributed by atoms with Crippen LogP contribution in [0.25, 0.3) is 0 Å². The Labute approximate surface area is 149 Å². The van der Waals surface area contributed by atoms with E-state index in [9.17, 15) is 0 Å². The van der Waals surface area contributed by atoms with Gasteiger partial charge in [-0.25, -0.2) is 9.97 Å². The summed E-state index contributed by atoms with van der Waals surface area (Å²) in [7, 11) is 0. The lowest BCUT2D eigenvalue weighted by Crippen LogP contribution is -2.52. The number of aromatic nitrogens is 2. The Bertz CT molecular complexity index is 736. The number of nitrogens with two attached hydrogens (primary N) is 1. The van der Waals surface area contributed by atoms with E-state index < -0.39 is 0 Å². The first-order chi connectivity index (χ1) is 12.2. The number of hydrogen-bond acceptors (Lipinski definition) is 5. The van der Waals surface area contributed by atoms with E-state index in [4.69, 9.17) is 10.7 Å². The monoisotopic (exact) mass is 337 g/mol. The van der Waals surface area contributed by atoms with Crippen molar-refractivity contribution in [3.63, 3.8) is 0 Å². The third-order valence-corrected chi connectivity index (χ3v) is 5.92. The van der Waals surface area contributed by atoms with Crippen LogP contribution in [0.2, 0.25) is 0 Å². The SMILES string of the molecule is Cc1cccc(N2CCC3(CCCN3Cc3cccnc3N)CC2)n1. The molecule has 4 heterocycles. The second-order valence-electron chi connectivity index (χ2n) is 7.42. The molecule has 0 aromatic carbocycles. The molecule has 132 valence electrons. The first kappa shape index (κ1) is 16.3. The van der Waals surface area contributed by atoms with E-state index in [2.05, 4.69) is 46.0 Å². The van der Waals surface area contributed by atoms with Crippen molar-refractivity contribution < 1.29 is 0 Å². The zero-order valence-corrected chi connectivity index (χ0v) is 15.0. The molecule has 5 heteroatoms. The standard InChI is InChI=1S/C20H27N5/c1-16-5-2-7-18(23-16)24-13-9-20(10-14-24)8-4-12-25(20)15-17-6-3-11-22-19(17)21/h2-3,5-7,11H,4,8-10,12-15H2,1H3,(H2,21,22). The molecule has 25 heavy (non-hydrogen) atoms. The van der Waals surface area contributed by atoms with E-state index in [1.807, 2.05) is 6.07 Å². The largest absolute Gasteiger partial charge is 0.383 e. The first-order valence-electron chi connectivity index (χ1n) is 9.29. The predicted molar refractivity (Wildman–Crippen MR) is 101 cm³/mol. The molecule has 0 amide bonds. The summed E-state index contributed by atoms with van der Waals surface area (Å²) in [6.45, 7) is 6.30. The molecule has 2 aromatic heterocycles. The van der Waals surface area contributed by atoms with Crippen molar-refractivity contribution in [2.45, 2.75) is 44.7 Å². The lowest BCUT2D eigenvalue weighted by atomic mass is 9.84. The van der Waals surface area contributed by atoms with Gasteiger partial charge in [-0.2, -0.15) is 0 Å². The predicted octanol–water partition coefficient (Wildman–Crippen LogP) is 3.00. The lowest BCUT2D eigenvalue weighted by Gasteiger charge is -2.45. The molecule has 0 aliphatic carbocycles. The van der Waals surface area contributed by atoms with Crippen LogP contribution in [0.3, 0.4) is 0 Å². The number of piperidine rings is 1. The topological polar surface area (TPSA) is 58.3 Å². The van der Waals surface area contributed by atoms with E-state index in [-0.39, 0.29) is 0 Å². The summed E-state index contributed by atoms with van der Waals surface area (Å²) in [4.78, 5) is 14.0. The van der Waals surface area contributed by atoms with E-state index in [0.29, 0.717) is 11.4 Å². The molecule has 2 fully saturated rings. The molecule has 1 spiro atoms. The van der Waals surface area contributed by atoms with Crippen LogP contribution in [0.4, 0.5) is 11.6 Å². The number of rotatable bonds is 3. The maximum atomic E-state index is 6.07. The van der Waals surface area contributed by atoms with E-state index in [0.717, 1.165) is 43.3 Å². The molecule has 2 aliphatic rings. The van der Waals surface area contributed by atoms with E-state index >= 15 is 0 Å². The van der Waals surface area contributed by atoms with Crippen LogP contribution in [0, 0.1) is 6.92 Å². The number of pyridine rings is 2. The summed E-state index contributed by atoms with van der Waals surface area (Å²) in [6.07, 6.45) is 6.74. The molecule has 4 rings (SSSR count). The molecule has 2 saturated heterocycles. The van der Waals surface area contributed by atoms with Crippen molar-refractivity contribution in [1.29, 1.82) is 0 Å². The Kier molecular flexibility index (Phi) is 4.34. The van der Waals surface area contributed by atoms with Crippen molar-refractivity contribution in [2.24, 2.45) is 0 Å². The Hall–Kier alpha value is -2.14. The molecule has 0 atom stereocenters. The number of nitrogen functional groups attached to an aromatic ring is 1. The number of aryl methyl sites for hydroxylation is 1. The first-order valence-corrected chi connectivity index (χ1v) is 9.29. The second kappa shape index (κ2) is 6.64. The summed E-state index contributed by atoms with van der Waals surface area (Å²) in [5, 5.41) is 0. The van der Waals surface area contributed by atoms with Crippen molar-refractivity contribution in [3.8, 4) is 0 Å². The summed E-state index contributed by atoms with van der Waals surface area (Å²) in [6, 6.07) is 10.4. The molecule has 0 unspecified atom stereocenters. The zero-order valence-electron chi connectivity index (χ0n) is 15.0. The molecular formula is C20H27N5. The minimum atomic E-state index is 0.322. The highest BCUT2D eigenvalue weighted by atomic mass is 15.3. The molecule has 0 saturated carbocycles. The summed E-state index contributed by atoms with van der Waals surface area (Å²) in [5.74, 6) is 1.79. The maximum absolute atomic E-state index is 6.07. The van der Waals surface area contributed by atoms with Gasteiger partial charge in [0.2, 0.25) is 0 Å². The normalized spacial score (nSPS) is 20.3. The average Bonchev–Trinajstić information content (AvgIpc) is 3.00. The van der Waals surface area contributed by atoms with Crippen LogP contribution in [-0.2, 0) is 6.54 Å². The molecular weight excluding hydrogens is 310 g/mol. The highest BCUT2D eigenvalue weighted by Gasteiger charge is 2.43. The number of likely N-dealkylation sites (tertiary alicyclic amines) is 1. The molecule has 2 aliphatic heterocycles. The molecule has 2 N–H and O–H groups in total. The summed E-state index contributed by atoms with van der Waals surface area (Å²) >= 11 is 0. The van der Waals surface area contributed by atoms with E-state index in [1.165, 1.54) is 25.7 Å². The van der Waals surface area contributed by atoms with Gasteiger partial charge in [-0.1, -0.05) is 12.1 Å². The van der Waals surface area contributed by atoms with Gasteiger partial charge in [0.25, 0.3) is 0 Å². The Balaban J connectivity index is 1.46. The van der Waals surface area contributed by atoms with Crippen LogP contribution in [0.5, 0.6) is 0 Å². The van der Waals surface area contributed by atoms with Gasteiger partial charge in [0.15, 0.2) is 0 Å². The van der Waals surface area contributed by atoms with E-state index in [1.54, 1.807) is 6.20 Å². The van der Waals surface area contributed by atoms with Gasteiger partial charge in [-0.05, 0) is 57.4 Å². The molecule has 0 bridgehead atoms. The van der Waals surface area contributed by atoms with Gasteiger partial charge in [0.1, 0.15) is 11.6 Å². The van der Waals surface area contributed by atoms with Gasteiger partial charge >= 0.3 is 0 Å². The molecule has 5 nitrogen and oxygen atoms in total. The third kappa shape index (κ3) is 3.21. The highest BCUT2D eigenvalue weighted by Crippen LogP contribution is 2.40. The van der Waals surface area contributed by atoms with Crippen molar-refractivity contribution >= 4 is 11.6 Å². The second-order valence-corrected chi connectivity index (χ2v) is 7.42. The number of anilines is 2. The van der Waals surface area contributed by atoms with Crippen LogP contribution >= 0.6 is 0 Å². The fourth-order valence-electron chi connectivity index (χ4n) is 4.45. The van der Waals surface area contributed by atoms with Gasteiger partial charge in [-0.15, -0.1) is 0 Å². The Morgan fingerprint density at radius 1 is 1.08 bits per heavy atom. The molecule has 2 aromatic rings. The van der Waals surface area contributed by atoms with Crippen molar-refractivity contribution in [3.05, 3.63) is 47.8 Å². The molecule has 0 radical (unpaired) electrons. The Morgan fingerprint density at radius 2 is 1.92 bits per heavy atom. The number of hydrogen-bond donors (Lipinski definition) is 1. The minimum Gasteiger partial charge on any atom is -0.383 e. The average molecular weight is 337 g/mol.